The van der Waals surface area contributed by atoms with E-state index < -0.39 is 10.0 Å². The van der Waals surface area contributed by atoms with Crippen molar-refractivity contribution in [2.24, 2.45) is 0 Å². The molecule has 7 nitrogen and oxygen atoms in total. The Bertz CT molecular complexity index is 1010. The van der Waals surface area contributed by atoms with E-state index in [0.717, 1.165) is 51.1 Å². The number of rotatable bonds is 5. The van der Waals surface area contributed by atoms with E-state index in [1.165, 1.54) is 0 Å². The number of anilines is 2. The molecule has 2 aromatic rings. The van der Waals surface area contributed by atoms with Gasteiger partial charge in [0.05, 0.1) is 16.3 Å². The van der Waals surface area contributed by atoms with Crippen molar-refractivity contribution in [3.63, 3.8) is 0 Å². The van der Waals surface area contributed by atoms with Crippen LogP contribution in [0.15, 0.2) is 53.4 Å². The van der Waals surface area contributed by atoms with E-state index in [1.54, 1.807) is 28.6 Å². The first-order valence-electron chi connectivity index (χ1n) is 10.9. The second-order valence-corrected chi connectivity index (χ2v) is 10.2. The van der Waals surface area contributed by atoms with Crippen molar-refractivity contribution in [3.05, 3.63) is 54.1 Å². The highest BCUT2D eigenvalue weighted by atomic mass is 32.2. The molecule has 2 aliphatic heterocycles. The topological polar surface area (TPSA) is 73.0 Å². The number of carbonyl (C=O) groups is 1. The maximum Gasteiger partial charge on any atom is 0.255 e. The van der Waals surface area contributed by atoms with Crippen LogP contribution in [0.3, 0.4) is 0 Å². The number of hydrogen-bond donors (Lipinski definition) is 1. The number of nitrogens with zero attached hydrogens (tertiary/aromatic N) is 3. The first-order chi connectivity index (χ1) is 14.9. The first kappa shape index (κ1) is 21.8. The zero-order chi connectivity index (χ0) is 21.8. The number of carbonyl (C=O) groups excluding carboxylic acids is 1. The Labute approximate surface area is 184 Å². The smallest absolute Gasteiger partial charge is 0.255 e. The molecule has 0 aromatic heterocycles. The monoisotopic (exact) mass is 442 g/mol. The molecule has 1 N–H and O–H groups in total. The fraction of sp³-hybridized carbons (Fsp3) is 0.435. The van der Waals surface area contributed by atoms with Crippen molar-refractivity contribution in [1.82, 2.24) is 9.21 Å². The van der Waals surface area contributed by atoms with Crippen molar-refractivity contribution in [1.29, 1.82) is 0 Å². The van der Waals surface area contributed by atoms with E-state index in [1.807, 2.05) is 24.3 Å². The van der Waals surface area contributed by atoms with Gasteiger partial charge in [-0.1, -0.05) is 24.6 Å². The average Bonchev–Trinajstić information content (AvgIpc) is 2.81. The minimum absolute atomic E-state index is 0.232. The SMILES string of the molecule is CN1CCN(c2ccc(S(=O)(=O)N3CCCCC3)cc2NC(=O)c2ccccc2)CC1. The molecule has 0 spiro atoms. The molecule has 0 atom stereocenters. The molecule has 2 aliphatic rings. The van der Waals surface area contributed by atoms with E-state index in [4.69, 9.17) is 0 Å². The Morgan fingerprint density at radius 3 is 2.23 bits per heavy atom. The van der Waals surface area contributed by atoms with E-state index in [0.29, 0.717) is 24.3 Å². The Morgan fingerprint density at radius 2 is 1.55 bits per heavy atom. The largest absolute Gasteiger partial charge is 0.367 e. The summed E-state index contributed by atoms with van der Waals surface area (Å²) in [5, 5.41) is 2.97. The summed E-state index contributed by atoms with van der Waals surface area (Å²) in [6.07, 6.45) is 2.83. The van der Waals surface area contributed by atoms with Gasteiger partial charge in [0.15, 0.2) is 0 Å². The van der Waals surface area contributed by atoms with Crippen LogP contribution in [0.2, 0.25) is 0 Å². The molecule has 8 heteroatoms. The summed E-state index contributed by atoms with van der Waals surface area (Å²) in [6.45, 7) is 4.58. The second-order valence-electron chi connectivity index (χ2n) is 8.25. The Hall–Kier alpha value is -2.42. The number of amides is 1. The molecule has 0 radical (unpaired) electrons. The van der Waals surface area contributed by atoms with Gasteiger partial charge in [0.25, 0.3) is 5.91 Å². The van der Waals surface area contributed by atoms with Crippen molar-refractivity contribution in [3.8, 4) is 0 Å². The molecule has 0 bridgehead atoms. The minimum atomic E-state index is -3.59. The van der Waals surface area contributed by atoms with Crippen molar-refractivity contribution in [2.45, 2.75) is 24.2 Å². The molecule has 2 aromatic carbocycles. The van der Waals surface area contributed by atoms with E-state index >= 15 is 0 Å². The molecule has 2 heterocycles. The number of benzene rings is 2. The molecule has 31 heavy (non-hydrogen) atoms. The Kier molecular flexibility index (Phi) is 6.60. The van der Waals surface area contributed by atoms with E-state index in [-0.39, 0.29) is 10.8 Å². The predicted octanol–water partition coefficient (Wildman–Crippen LogP) is 2.87. The van der Waals surface area contributed by atoms with Crippen molar-refractivity contribution >= 4 is 27.3 Å². The summed E-state index contributed by atoms with van der Waals surface area (Å²) in [6, 6.07) is 14.1. The molecule has 0 aliphatic carbocycles. The molecule has 166 valence electrons. The number of piperazine rings is 1. The number of likely N-dealkylation sites (N-methyl/N-ethyl adjacent to an activating group) is 1. The van der Waals surface area contributed by atoms with E-state index in [2.05, 4.69) is 22.2 Å². The Balaban J connectivity index is 1.67. The normalized spacial score (nSPS) is 18.7. The molecule has 2 saturated heterocycles. The molecule has 0 unspecified atom stereocenters. The lowest BCUT2D eigenvalue weighted by molar-refractivity contribution is 0.102. The standard InChI is InChI=1S/C23H30N4O3S/c1-25-14-16-26(17-15-25)22-11-10-20(31(29,30)27-12-6-3-7-13-27)18-21(22)24-23(28)19-8-4-2-5-9-19/h2,4-5,8-11,18H,3,6-7,12-17H2,1H3,(H,24,28). The van der Waals surface area contributed by atoms with Crippen LogP contribution in [0.25, 0.3) is 0 Å². The lowest BCUT2D eigenvalue weighted by atomic mass is 10.2. The maximum atomic E-state index is 13.2. The van der Waals surface area contributed by atoms with Gasteiger partial charge in [-0.3, -0.25) is 4.79 Å². The lowest BCUT2D eigenvalue weighted by Crippen LogP contribution is -2.44. The second kappa shape index (κ2) is 9.38. The van der Waals surface area contributed by atoms with Crippen LogP contribution < -0.4 is 10.2 Å². The molecule has 4 rings (SSSR count). The van der Waals surface area contributed by atoms with Gasteiger partial charge in [0, 0.05) is 44.8 Å². The number of piperidine rings is 1. The van der Waals surface area contributed by atoms with Crippen LogP contribution in [0, 0.1) is 0 Å². The fourth-order valence-electron chi connectivity index (χ4n) is 4.14. The summed E-state index contributed by atoms with van der Waals surface area (Å²) >= 11 is 0. The summed E-state index contributed by atoms with van der Waals surface area (Å²) in [4.78, 5) is 17.6. The quantitative estimate of drug-likeness (QED) is 0.771. The third-order valence-electron chi connectivity index (χ3n) is 6.05. The highest BCUT2D eigenvalue weighted by Gasteiger charge is 2.28. The third-order valence-corrected chi connectivity index (χ3v) is 7.94. The fourth-order valence-corrected chi connectivity index (χ4v) is 5.68. The van der Waals surface area contributed by atoms with Gasteiger partial charge in [-0.2, -0.15) is 4.31 Å². The summed E-state index contributed by atoms with van der Waals surface area (Å²) in [7, 11) is -1.50. The Morgan fingerprint density at radius 1 is 0.871 bits per heavy atom. The molecule has 2 fully saturated rings. The van der Waals surface area contributed by atoms with Gasteiger partial charge >= 0.3 is 0 Å². The predicted molar refractivity (Wildman–Crippen MR) is 123 cm³/mol. The zero-order valence-electron chi connectivity index (χ0n) is 18.0. The van der Waals surface area contributed by atoms with Crippen LogP contribution in [0.5, 0.6) is 0 Å². The van der Waals surface area contributed by atoms with Crippen LogP contribution in [-0.2, 0) is 10.0 Å². The van der Waals surface area contributed by atoms with Crippen LogP contribution in [-0.4, -0.2) is 69.8 Å². The van der Waals surface area contributed by atoms with Gasteiger partial charge in [0.2, 0.25) is 10.0 Å². The van der Waals surface area contributed by atoms with Gasteiger partial charge in [-0.25, -0.2) is 8.42 Å². The van der Waals surface area contributed by atoms with Crippen molar-refractivity contribution < 1.29 is 13.2 Å². The summed E-state index contributed by atoms with van der Waals surface area (Å²) < 4.78 is 28.0. The van der Waals surface area contributed by atoms with Gasteiger partial charge in [-0.05, 0) is 50.2 Å². The number of hydrogen-bond acceptors (Lipinski definition) is 5. The van der Waals surface area contributed by atoms with Crippen LogP contribution >= 0.6 is 0 Å². The maximum absolute atomic E-state index is 13.2. The highest BCUT2D eigenvalue weighted by Crippen LogP contribution is 2.32. The van der Waals surface area contributed by atoms with E-state index in [9.17, 15) is 13.2 Å². The molecule has 1 amide bonds. The van der Waals surface area contributed by atoms with Crippen molar-refractivity contribution in [2.75, 3.05) is 56.5 Å². The lowest BCUT2D eigenvalue weighted by Gasteiger charge is -2.35. The number of nitrogens with one attached hydrogen (secondary N) is 1. The zero-order valence-corrected chi connectivity index (χ0v) is 18.8. The van der Waals surface area contributed by atoms with Crippen LogP contribution in [0.4, 0.5) is 11.4 Å². The van der Waals surface area contributed by atoms with Crippen LogP contribution in [0.1, 0.15) is 29.6 Å². The van der Waals surface area contributed by atoms with Gasteiger partial charge < -0.3 is 15.1 Å². The molecule has 0 saturated carbocycles. The van der Waals surface area contributed by atoms with Gasteiger partial charge in [0.1, 0.15) is 0 Å². The molecular formula is C23H30N4O3S. The highest BCUT2D eigenvalue weighted by molar-refractivity contribution is 7.89. The summed E-state index contributed by atoms with van der Waals surface area (Å²) in [5.74, 6) is -0.247. The minimum Gasteiger partial charge on any atom is -0.367 e. The third kappa shape index (κ3) is 4.92. The number of sulfonamides is 1. The molecular weight excluding hydrogens is 412 g/mol. The van der Waals surface area contributed by atoms with Gasteiger partial charge in [-0.15, -0.1) is 0 Å². The first-order valence-corrected chi connectivity index (χ1v) is 12.3. The summed E-state index contributed by atoms with van der Waals surface area (Å²) in [5.41, 5.74) is 1.93. The average molecular weight is 443 g/mol.